The predicted molar refractivity (Wildman–Crippen MR) is 122 cm³/mol. The number of benzene rings is 2. The van der Waals surface area contributed by atoms with Gasteiger partial charge in [0.15, 0.2) is 0 Å². The first-order valence-electron chi connectivity index (χ1n) is 10.5. The van der Waals surface area contributed by atoms with Crippen LogP contribution in [0.25, 0.3) is 6.08 Å². The second-order valence-electron chi connectivity index (χ2n) is 8.81. The lowest BCUT2D eigenvalue weighted by Gasteiger charge is -2.35. The lowest BCUT2D eigenvalue weighted by atomic mass is 10.0. The van der Waals surface area contributed by atoms with E-state index in [9.17, 15) is 18.0 Å². The van der Waals surface area contributed by atoms with Gasteiger partial charge in [0, 0.05) is 29.0 Å². The second-order valence-corrected chi connectivity index (χ2v) is 9.96. The standard InChI is InChI=1S/C24H25F3N2O2S/c1-29(2,21-9-10-32-15-21)13-16-3-6-20(7-4-16)28-23(30)18-11-17-12-19(24(25,26)27)5-8-22(17)31-14-18/h3-8,11-12,21H,9-10,13-15H2,1-2H3/p+1. The number of nitrogens with zero attached hydrogens (tertiary/aromatic N) is 1. The number of carbonyl (C=O) groups is 1. The maximum atomic E-state index is 13.0. The van der Waals surface area contributed by atoms with Crippen LogP contribution in [0.15, 0.2) is 48.0 Å². The van der Waals surface area contributed by atoms with Crippen LogP contribution < -0.4 is 10.1 Å². The van der Waals surface area contributed by atoms with E-state index in [2.05, 4.69) is 19.4 Å². The van der Waals surface area contributed by atoms with Gasteiger partial charge in [-0.05, 0) is 42.2 Å². The van der Waals surface area contributed by atoms with Gasteiger partial charge < -0.3 is 14.5 Å². The number of carbonyl (C=O) groups excluding carboxylic acids is 1. The van der Waals surface area contributed by atoms with E-state index in [1.807, 2.05) is 36.0 Å². The van der Waals surface area contributed by atoms with Gasteiger partial charge in [-0.2, -0.15) is 24.9 Å². The maximum Gasteiger partial charge on any atom is 0.416 e. The van der Waals surface area contributed by atoms with Crippen molar-refractivity contribution in [3.8, 4) is 5.75 Å². The molecule has 1 unspecified atom stereocenters. The van der Waals surface area contributed by atoms with Crippen LogP contribution >= 0.6 is 11.8 Å². The zero-order valence-electron chi connectivity index (χ0n) is 18.0. The van der Waals surface area contributed by atoms with Crippen molar-refractivity contribution in [1.29, 1.82) is 0 Å². The second kappa shape index (κ2) is 8.83. The summed E-state index contributed by atoms with van der Waals surface area (Å²) < 4.78 is 45.4. The van der Waals surface area contributed by atoms with Gasteiger partial charge in [0.25, 0.3) is 5.91 Å². The van der Waals surface area contributed by atoms with Crippen molar-refractivity contribution in [2.24, 2.45) is 0 Å². The summed E-state index contributed by atoms with van der Waals surface area (Å²) in [5.41, 5.74) is 1.58. The molecule has 8 heteroatoms. The van der Waals surface area contributed by atoms with Crippen molar-refractivity contribution in [1.82, 2.24) is 0 Å². The molecule has 4 nitrogen and oxygen atoms in total. The van der Waals surface area contributed by atoms with Gasteiger partial charge in [0.1, 0.15) is 18.9 Å². The smallest absolute Gasteiger partial charge is 0.416 e. The lowest BCUT2D eigenvalue weighted by Crippen LogP contribution is -2.48. The van der Waals surface area contributed by atoms with Gasteiger partial charge in [-0.25, -0.2) is 0 Å². The first-order valence-corrected chi connectivity index (χ1v) is 11.6. The molecule has 170 valence electrons. The highest BCUT2D eigenvalue weighted by Gasteiger charge is 2.32. The molecule has 1 atom stereocenters. The molecule has 2 aliphatic rings. The van der Waals surface area contributed by atoms with Gasteiger partial charge in [0.2, 0.25) is 0 Å². The van der Waals surface area contributed by atoms with Crippen LogP contribution in [0.3, 0.4) is 0 Å². The third-order valence-electron chi connectivity index (χ3n) is 6.04. The fourth-order valence-electron chi connectivity index (χ4n) is 4.06. The third-order valence-corrected chi connectivity index (χ3v) is 7.18. The van der Waals surface area contributed by atoms with E-state index in [1.165, 1.54) is 35.6 Å². The number of rotatable bonds is 5. The Morgan fingerprint density at radius 3 is 2.59 bits per heavy atom. The van der Waals surface area contributed by atoms with Crippen molar-refractivity contribution in [3.63, 3.8) is 0 Å². The van der Waals surface area contributed by atoms with Crippen molar-refractivity contribution in [2.75, 3.05) is 37.5 Å². The van der Waals surface area contributed by atoms with Crippen LogP contribution in [-0.4, -0.2) is 48.6 Å². The van der Waals surface area contributed by atoms with E-state index in [1.54, 1.807) is 0 Å². The number of amides is 1. The van der Waals surface area contributed by atoms with Crippen molar-refractivity contribution in [2.45, 2.75) is 25.2 Å². The minimum absolute atomic E-state index is 0.00729. The molecule has 2 aromatic rings. The SMILES string of the molecule is C[N+](C)(Cc1ccc(NC(=O)C2=Cc3cc(C(F)(F)F)ccc3OC2)cc1)C1CCSC1. The number of nitrogens with one attached hydrogen (secondary N) is 1. The summed E-state index contributed by atoms with van der Waals surface area (Å²) in [6.07, 6.45) is -1.76. The highest BCUT2D eigenvalue weighted by atomic mass is 32.2. The number of alkyl halides is 3. The molecule has 2 aliphatic heterocycles. The number of ether oxygens (including phenoxy) is 1. The van der Waals surface area contributed by atoms with Gasteiger partial charge >= 0.3 is 6.18 Å². The van der Waals surface area contributed by atoms with E-state index in [-0.39, 0.29) is 23.7 Å². The zero-order valence-corrected chi connectivity index (χ0v) is 18.9. The number of fused-ring (bicyclic) bond motifs is 1. The Morgan fingerprint density at radius 2 is 1.94 bits per heavy atom. The fourth-order valence-corrected chi connectivity index (χ4v) is 5.51. The molecule has 2 aromatic carbocycles. The summed E-state index contributed by atoms with van der Waals surface area (Å²) >= 11 is 2.01. The lowest BCUT2D eigenvalue weighted by molar-refractivity contribution is -0.924. The largest absolute Gasteiger partial charge is 0.488 e. The fraction of sp³-hybridized carbons (Fsp3) is 0.375. The van der Waals surface area contributed by atoms with E-state index in [0.29, 0.717) is 17.5 Å². The number of thioether (sulfide) groups is 1. The first kappa shape index (κ1) is 22.7. The molecular formula is C24H26F3N2O2S+. The zero-order chi connectivity index (χ0) is 22.9. The Morgan fingerprint density at radius 1 is 1.19 bits per heavy atom. The van der Waals surface area contributed by atoms with Crippen LogP contribution in [0.4, 0.5) is 18.9 Å². The summed E-state index contributed by atoms with van der Waals surface area (Å²) in [4.78, 5) is 12.7. The van der Waals surface area contributed by atoms with Crippen LogP contribution in [0.5, 0.6) is 5.75 Å². The summed E-state index contributed by atoms with van der Waals surface area (Å²) in [7, 11) is 4.51. The van der Waals surface area contributed by atoms with Crippen molar-refractivity contribution >= 4 is 29.4 Å². The molecule has 1 amide bonds. The van der Waals surface area contributed by atoms with Gasteiger partial charge in [-0.15, -0.1) is 0 Å². The summed E-state index contributed by atoms with van der Waals surface area (Å²) in [5.74, 6) is 2.35. The van der Waals surface area contributed by atoms with E-state index in [4.69, 9.17) is 4.74 Å². The molecule has 2 heterocycles. The minimum Gasteiger partial charge on any atom is -0.488 e. The molecule has 0 aromatic heterocycles. The molecule has 1 saturated heterocycles. The summed E-state index contributed by atoms with van der Waals surface area (Å²) in [6, 6.07) is 11.6. The van der Waals surface area contributed by atoms with E-state index >= 15 is 0 Å². The molecule has 0 saturated carbocycles. The van der Waals surface area contributed by atoms with Crippen molar-refractivity contribution < 1.29 is 27.2 Å². The average Bonchev–Trinajstić information content (AvgIpc) is 3.29. The molecular weight excluding hydrogens is 437 g/mol. The highest BCUT2D eigenvalue weighted by Crippen LogP contribution is 2.35. The van der Waals surface area contributed by atoms with Crippen LogP contribution in [0, 0.1) is 0 Å². The molecule has 4 rings (SSSR count). The molecule has 0 bridgehead atoms. The number of halogens is 3. The highest BCUT2D eigenvalue weighted by molar-refractivity contribution is 7.99. The molecule has 1 fully saturated rings. The molecule has 0 radical (unpaired) electrons. The van der Waals surface area contributed by atoms with Gasteiger partial charge in [0.05, 0.1) is 31.3 Å². The van der Waals surface area contributed by atoms with Crippen LogP contribution in [-0.2, 0) is 17.5 Å². The number of anilines is 1. The number of hydrogen-bond acceptors (Lipinski definition) is 3. The summed E-state index contributed by atoms with van der Waals surface area (Å²) in [6.45, 7) is 0.921. The maximum absolute atomic E-state index is 13.0. The van der Waals surface area contributed by atoms with Gasteiger partial charge in [-0.3, -0.25) is 4.79 Å². The molecule has 0 aliphatic carbocycles. The Labute approximate surface area is 190 Å². The number of hydrogen-bond donors (Lipinski definition) is 1. The Balaban J connectivity index is 1.42. The molecule has 0 spiro atoms. The Bertz CT molecular complexity index is 1030. The third kappa shape index (κ3) is 5.13. The normalized spacial score (nSPS) is 18.5. The van der Waals surface area contributed by atoms with E-state index < -0.39 is 11.7 Å². The summed E-state index contributed by atoms with van der Waals surface area (Å²) in [5, 5.41) is 2.81. The minimum atomic E-state index is -4.45. The Kier molecular flexibility index (Phi) is 6.27. The topological polar surface area (TPSA) is 38.3 Å². The number of quaternary nitrogens is 1. The van der Waals surface area contributed by atoms with Crippen LogP contribution in [0.2, 0.25) is 0 Å². The molecule has 1 N–H and O–H groups in total. The molecule has 32 heavy (non-hydrogen) atoms. The van der Waals surface area contributed by atoms with Crippen LogP contribution in [0.1, 0.15) is 23.1 Å². The van der Waals surface area contributed by atoms with Crippen molar-refractivity contribution in [3.05, 3.63) is 64.7 Å². The average molecular weight is 464 g/mol. The van der Waals surface area contributed by atoms with Gasteiger partial charge in [-0.1, -0.05) is 12.1 Å². The quantitative estimate of drug-likeness (QED) is 0.620. The first-order chi connectivity index (χ1) is 15.1. The predicted octanol–water partition coefficient (Wildman–Crippen LogP) is 5.20. The van der Waals surface area contributed by atoms with E-state index in [0.717, 1.165) is 23.2 Å². The Hall–Kier alpha value is -2.45. The monoisotopic (exact) mass is 463 g/mol.